The summed E-state index contributed by atoms with van der Waals surface area (Å²) < 4.78 is 0. The molecule has 0 aliphatic carbocycles. The highest BCUT2D eigenvalue weighted by Crippen LogP contribution is 2.18. The van der Waals surface area contributed by atoms with Gasteiger partial charge in [-0.3, -0.25) is 0 Å². The summed E-state index contributed by atoms with van der Waals surface area (Å²) in [6.07, 6.45) is 3.27. The summed E-state index contributed by atoms with van der Waals surface area (Å²) in [6, 6.07) is 0. The maximum absolute atomic E-state index is 3.98. The Kier molecular flexibility index (Phi) is 1.84. The highest BCUT2D eigenvalue weighted by Gasteiger charge is 2.08. The van der Waals surface area contributed by atoms with Gasteiger partial charge in [0, 0.05) is 5.39 Å². The van der Waals surface area contributed by atoms with Crippen molar-refractivity contribution < 1.29 is 0 Å². The third-order valence-corrected chi connectivity index (χ3v) is 1.84. The first-order valence-corrected chi connectivity index (χ1v) is 4.08. The topological polar surface area (TPSA) is 64.5 Å². The molecule has 0 saturated heterocycles. The van der Waals surface area contributed by atoms with Crippen molar-refractivity contribution in [1.29, 1.82) is 0 Å². The van der Waals surface area contributed by atoms with Crippen molar-refractivity contribution in [2.45, 2.75) is 19.8 Å². The Bertz CT molecular complexity index is 420. The molecular formula is C8H9N5. The number of aromatic nitrogens is 5. The van der Waals surface area contributed by atoms with Crippen LogP contribution in [0, 0.1) is 0 Å². The van der Waals surface area contributed by atoms with Crippen LogP contribution < -0.4 is 0 Å². The van der Waals surface area contributed by atoms with Crippen LogP contribution >= 0.6 is 0 Å². The molecule has 0 aliphatic rings. The molecule has 2 heterocycles. The molecule has 5 nitrogen and oxygen atoms in total. The molecule has 2 rings (SSSR count). The fraction of sp³-hybridized carbons (Fsp3) is 0.375. The van der Waals surface area contributed by atoms with E-state index in [9.17, 15) is 0 Å². The predicted octanol–water partition coefficient (Wildman–Crippen LogP) is 0.938. The lowest BCUT2D eigenvalue weighted by atomic mass is 10.1. The van der Waals surface area contributed by atoms with Gasteiger partial charge in [-0.25, -0.2) is 0 Å². The van der Waals surface area contributed by atoms with E-state index in [0.717, 1.165) is 16.6 Å². The van der Waals surface area contributed by atoms with Gasteiger partial charge in [-0.2, -0.15) is 10.2 Å². The van der Waals surface area contributed by atoms with E-state index in [1.165, 1.54) is 0 Å². The minimum absolute atomic E-state index is 0.321. The summed E-state index contributed by atoms with van der Waals surface area (Å²) in [5.41, 5.74) is 1.66. The molecule has 0 unspecified atom stereocenters. The highest BCUT2D eigenvalue weighted by molar-refractivity contribution is 5.78. The summed E-state index contributed by atoms with van der Waals surface area (Å²) in [4.78, 5) is 0. The number of nitrogens with zero attached hydrogens (tertiary/aromatic N) is 5. The zero-order valence-corrected chi connectivity index (χ0v) is 7.47. The molecule has 5 heteroatoms. The third-order valence-electron chi connectivity index (χ3n) is 1.84. The average molecular weight is 175 g/mol. The smallest absolute Gasteiger partial charge is 0.118 e. The molecule has 0 saturated carbocycles. The van der Waals surface area contributed by atoms with Crippen molar-refractivity contribution in [3.8, 4) is 0 Å². The van der Waals surface area contributed by atoms with Crippen molar-refractivity contribution in [1.82, 2.24) is 25.6 Å². The SMILES string of the molecule is CC(C)c1nnnc2cnncc12. The summed E-state index contributed by atoms with van der Waals surface area (Å²) in [7, 11) is 0. The maximum Gasteiger partial charge on any atom is 0.118 e. The Morgan fingerprint density at radius 2 is 1.85 bits per heavy atom. The highest BCUT2D eigenvalue weighted by atomic mass is 15.3. The van der Waals surface area contributed by atoms with Crippen molar-refractivity contribution in [2.75, 3.05) is 0 Å². The van der Waals surface area contributed by atoms with Gasteiger partial charge in [-0.05, 0) is 11.1 Å². The van der Waals surface area contributed by atoms with Crippen molar-refractivity contribution in [3.05, 3.63) is 18.1 Å². The van der Waals surface area contributed by atoms with Crippen molar-refractivity contribution >= 4 is 10.9 Å². The first-order chi connectivity index (χ1) is 6.29. The van der Waals surface area contributed by atoms with Crippen LogP contribution in [-0.4, -0.2) is 25.6 Å². The molecule has 13 heavy (non-hydrogen) atoms. The van der Waals surface area contributed by atoms with Crippen LogP contribution in [0.15, 0.2) is 12.4 Å². The second-order valence-electron chi connectivity index (χ2n) is 3.12. The van der Waals surface area contributed by atoms with Crippen molar-refractivity contribution in [2.24, 2.45) is 0 Å². The standard InChI is InChI=1S/C8H9N5/c1-5(2)8-6-3-9-10-4-7(6)11-13-12-8/h3-5H,1-2H3. The molecule has 0 amide bonds. The molecule has 0 fully saturated rings. The summed E-state index contributed by atoms with van der Waals surface area (Å²) in [6.45, 7) is 4.12. The Labute approximate surface area is 75.2 Å². The molecule has 66 valence electrons. The van der Waals surface area contributed by atoms with Crippen LogP contribution in [0.25, 0.3) is 10.9 Å². The average Bonchev–Trinajstić information content (AvgIpc) is 2.17. The summed E-state index contributed by atoms with van der Waals surface area (Å²) >= 11 is 0. The van der Waals surface area contributed by atoms with Gasteiger partial charge in [0.05, 0.1) is 18.1 Å². The van der Waals surface area contributed by atoms with Crippen LogP contribution in [0.5, 0.6) is 0 Å². The number of hydrogen-bond acceptors (Lipinski definition) is 5. The zero-order chi connectivity index (χ0) is 9.26. The Hall–Kier alpha value is -1.65. The minimum atomic E-state index is 0.321. The van der Waals surface area contributed by atoms with Gasteiger partial charge in [-0.15, -0.1) is 10.2 Å². The molecule has 0 atom stereocenters. The monoisotopic (exact) mass is 175 g/mol. The van der Waals surface area contributed by atoms with E-state index in [1.807, 2.05) is 0 Å². The van der Waals surface area contributed by atoms with Crippen LogP contribution in [0.4, 0.5) is 0 Å². The van der Waals surface area contributed by atoms with Crippen LogP contribution in [0.1, 0.15) is 25.5 Å². The van der Waals surface area contributed by atoms with E-state index in [4.69, 9.17) is 0 Å². The molecular weight excluding hydrogens is 166 g/mol. The molecule has 0 radical (unpaired) electrons. The van der Waals surface area contributed by atoms with Gasteiger partial charge in [0.25, 0.3) is 0 Å². The van der Waals surface area contributed by atoms with Crippen LogP contribution in [0.2, 0.25) is 0 Å². The van der Waals surface area contributed by atoms with Gasteiger partial charge in [0.15, 0.2) is 0 Å². The van der Waals surface area contributed by atoms with E-state index in [0.29, 0.717) is 5.92 Å². The largest absolute Gasteiger partial charge is 0.158 e. The maximum atomic E-state index is 3.98. The molecule has 0 spiro atoms. The van der Waals surface area contributed by atoms with Gasteiger partial charge < -0.3 is 0 Å². The summed E-state index contributed by atoms with van der Waals surface area (Å²) in [5, 5.41) is 20.0. The van der Waals surface area contributed by atoms with Gasteiger partial charge in [0.1, 0.15) is 5.52 Å². The Morgan fingerprint density at radius 1 is 1.08 bits per heavy atom. The lowest BCUT2D eigenvalue weighted by Gasteiger charge is -2.04. The van der Waals surface area contributed by atoms with Gasteiger partial charge in [0.2, 0.25) is 0 Å². The number of rotatable bonds is 1. The van der Waals surface area contributed by atoms with E-state index in [2.05, 4.69) is 39.5 Å². The Morgan fingerprint density at radius 3 is 2.62 bits per heavy atom. The number of hydrogen-bond donors (Lipinski definition) is 0. The Balaban J connectivity index is 2.76. The van der Waals surface area contributed by atoms with Crippen LogP contribution in [-0.2, 0) is 0 Å². The van der Waals surface area contributed by atoms with Crippen molar-refractivity contribution in [3.63, 3.8) is 0 Å². The molecule has 0 bridgehead atoms. The fourth-order valence-electron chi connectivity index (χ4n) is 1.19. The minimum Gasteiger partial charge on any atom is -0.158 e. The molecule has 0 aromatic carbocycles. The van der Waals surface area contributed by atoms with E-state index < -0.39 is 0 Å². The second kappa shape index (κ2) is 3.01. The lowest BCUT2D eigenvalue weighted by molar-refractivity contribution is 0.760. The lowest BCUT2D eigenvalue weighted by Crippen LogP contribution is -2.00. The second-order valence-corrected chi connectivity index (χ2v) is 3.12. The van der Waals surface area contributed by atoms with E-state index >= 15 is 0 Å². The van der Waals surface area contributed by atoms with Gasteiger partial charge in [-0.1, -0.05) is 13.8 Å². The normalized spacial score (nSPS) is 11.0. The fourth-order valence-corrected chi connectivity index (χ4v) is 1.19. The molecule has 0 aliphatic heterocycles. The zero-order valence-electron chi connectivity index (χ0n) is 7.47. The summed E-state index contributed by atoms with van der Waals surface area (Å²) in [5.74, 6) is 0.321. The molecule has 2 aromatic heterocycles. The van der Waals surface area contributed by atoms with Crippen LogP contribution in [0.3, 0.4) is 0 Å². The van der Waals surface area contributed by atoms with E-state index in [1.54, 1.807) is 12.4 Å². The van der Waals surface area contributed by atoms with Gasteiger partial charge >= 0.3 is 0 Å². The third kappa shape index (κ3) is 1.32. The van der Waals surface area contributed by atoms with E-state index in [-0.39, 0.29) is 0 Å². The first kappa shape index (κ1) is 7.97. The predicted molar refractivity (Wildman–Crippen MR) is 47.0 cm³/mol. The first-order valence-electron chi connectivity index (χ1n) is 4.08. The quantitative estimate of drug-likeness (QED) is 0.645. The molecule has 2 aromatic rings. The molecule has 0 N–H and O–H groups in total. The number of fused-ring (bicyclic) bond motifs is 1.